The third-order valence-corrected chi connectivity index (χ3v) is 3.65. The molecule has 2 rings (SSSR count). The van der Waals surface area contributed by atoms with E-state index in [1.165, 1.54) is 6.08 Å². The summed E-state index contributed by atoms with van der Waals surface area (Å²) >= 11 is 0. The van der Waals surface area contributed by atoms with Gasteiger partial charge in [0.05, 0.1) is 11.6 Å². The van der Waals surface area contributed by atoms with Gasteiger partial charge in [-0.05, 0) is 36.6 Å². The third kappa shape index (κ3) is 3.22. The number of carbonyl (C=O) groups excluding carboxylic acids is 1. The number of aromatic nitrogens is 1. The van der Waals surface area contributed by atoms with Crippen LogP contribution in [0.15, 0.2) is 35.1 Å². The molecular weight excluding hydrogens is 290 g/mol. The first-order chi connectivity index (χ1) is 11.0. The number of carbonyl (C=O) groups is 1. The van der Waals surface area contributed by atoms with E-state index < -0.39 is 5.56 Å². The molecule has 0 saturated heterocycles. The zero-order chi connectivity index (χ0) is 17.0. The third-order valence-electron chi connectivity index (χ3n) is 3.65. The van der Waals surface area contributed by atoms with Gasteiger partial charge in [0.25, 0.3) is 5.56 Å². The molecule has 23 heavy (non-hydrogen) atoms. The average molecular weight is 307 g/mol. The summed E-state index contributed by atoms with van der Waals surface area (Å²) in [5.74, 6) is -0.291. The lowest BCUT2D eigenvalue weighted by Crippen LogP contribution is -2.22. The highest BCUT2D eigenvalue weighted by molar-refractivity contribution is 6.13. The van der Waals surface area contributed by atoms with E-state index in [-0.39, 0.29) is 17.0 Å². The fraction of sp³-hybridized carbons (Fsp3) is 0.167. The molecule has 0 aliphatic carbocycles. The molecule has 0 radical (unpaired) electrons. The van der Waals surface area contributed by atoms with E-state index in [0.29, 0.717) is 17.7 Å². The Labute approximate surface area is 134 Å². The van der Waals surface area contributed by atoms with Crippen molar-refractivity contribution in [3.8, 4) is 6.07 Å². The summed E-state index contributed by atoms with van der Waals surface area (Å²) in [5, 5.41) is 8.59. The van der Waals surface area contributed by atoms with Gasteiger partial charge in [-0.15, -0.1) is 0 Å². The van der Waals surface area contributed by atoms with E-state index in [9.17, 15) is 9.59 Å². The number of aryl methyl sites for hydroxylation is 1. The minimum absolute atomic E-state index is 0.0598. The molecule has 0 bridgehead atoms. The Kier molecular flexibility index (Phi) is 4.77. The van der Waals surface area contributed by atoms with Crippen LogP contribution in [0.3, 0.4) is 0 Å². The van der Waals surface area contributed by atoms with Crippen molar-refractivity contribution in [1.82, 2.24) is 4.98 Å². The number of rotatable bonds is 4. The average Bonchev–Trinajstić information content (AvgIpc) is 2.55. The lowest BCUT2D eigenvalue weighted by atomic mass is 9.94. The molecule has 0 atom stereocenters. The molecule has 0 aliphatic heterocycles. The quantitative estimate of drug-likeness (QED) is 0.669. The Morgan fingerprint density at radius 2 is 2.17 bits per heavy atom. The molecule has 0 aliphatic rings. The number of H-pyrrole nitrogens is 1. The van der Waals surface area contributed by atoms with Crippen molar-refractivity contribution in [2.45, 2.75) is 20.3 Å². The van der Waals surface area contributed by atoms with Crippen molar-refractivity contribution in [1.29, 1.82) is 5.26 Å². The summed E-state index contributed by atoms with van der Waals surface area (Å²) in [4.78, 5) is 27.4. The SMILES string of the molecule is CCc1c(C)[nH]c(=O)c(N)c1C(=O)c1cccc(/C=C/C#N)c1. The number of nitriles is 1. The largest absolute Gasteiger partial charge is 0.394 e. The van der Waals surface area contributed by atoms with E-state index >= 15 is 0 Å². The molecule has 1 heterocycles. The van der Waals surface area contributed by atoms with E-state index in [1.54, 1.807) is 37.3 Å². The lowest BCUT2D eigenvalue weighted by Gasteiger charge is -2.12. The molecule has 1 aromatic carbocycles. The highest BCUT2D eigenvalue weighted by Gasteiger charge is 2.20. The number of anilines is 1. The summed E-state index contributed by atoms with van der Waals surface area (Å²) in [5.41, 5.74) is 8.16. The molecule has 2 aromatic rings. The van der Waals surface area contributed by atoms with E-state index in [2.05, 4.69) is 4.98 Å². The number of nitrogen functional groups attached to an aromatic ring is 1. The van der Waals surface area contributed by atoms with Crippen LogP contribution in [-0.2, 0) is 6.42 Å². The minimum Gasteiger partial charge on any atom is -0.394 e. The molecule has 0 amide bonds. The number of nitrogens with one attached hydrogen (secondary N) is 1. The number of aromatic amines is 1. The fourth-order valence-corrected chi connectivity index (χ4v) is 2.54. The van der Waals surface area contributed by atoms with Gasteiger partial charge in [0.15, 0.2) is 5.78 Å². The second kappa shape index (κ2) is 6.75. The molecule has 0 saturated carbocycles. The first-order valence-corrected chi connectivity index (χ1v) is 7.21. The minimum atomic E-state index is -0.455. The second-order valence-electron chi connectivity index (χ2n) is 5.12. The number of allylic oxidation sites excluding steroid dienone is 1. The van der Waals surface area contributed by atoms with E-state index in [0.717, 1.165) is 11.1 Å². The van der Waals surface area contributed by atoms with Crippen LogP contribution >= 0.6 is 0 Å². The summed E-state index contributed by atoms with van der Waals surface area (Å²) in [6.07, 6.45) is 3.54. The van der Waals surface area contributed by atoms with Gasteiger partial charge in [0, 0.05) is 17.3 Å². The summed E-state index contributed by atoms with van der Waals surface area (Å²) in [6, 6.07) is 8.77. The normalized spacial score (nSPS) is 10.7. The molecule has 116 valence electrons. The maximum absolute atomic E-state index is 12.9. The van der Waals surface area contributed by atoms with Gasteiger partial charge in [0.2, 0.25) is 0 Å². The lowest BCUT2D eigenvalue weighted by molar-refractivity contribution is 0.103. The number of hydrogen-bond acceptors (Lipinski definition) is 4. The van der Waals surface area contributed by atoms with Gasteiger partial charge in [-0.25, -0.2) is 0 Å². The smallest absolute Gasteiger partial charge is 0.272 e. The highest BCUT2D eigenvalue weighted by atomic mass is 16.1. The Morgan fingerprint density at radius 3 is 2.83 bits per heavy atom. The second-order valence-corrected chi connectivity index (χ2v) is 5.12. The molecule has 1 aromatic heterocycles. The number of ketones is 1. The Bertz CT molecular complexity index is 886. The van der Waals surface area contributed by atoms with Crippen LogP contribution in [-0.4, -0.2) is 10.8 Å². The Hall–Kier alpha value is -3.13. The first kappa shape index (κ1) is 16.2. The van der Waals surface area contributed by atoms with E-state index in [1.807, 2.05) is 13.0 Å². The van der Waals surface area contributed by atoms with Crippen molar-refractivity contribution in [3.05, 3.63) is 68.6 Å². The van der Waals surface area contributed by atoms with Crippen molar-refractivity contribution >= 4 is 17.5 Å². The monoisotopic (exact) mass is 307 g/mol. The van der Waals surface area contributed by atoms with Gasteiger partial charge in [-0.1, -0.05) is 25.1 Å². The van der Waals surface area contributed by atoms with Gasteiger partial charge >= 0.3 is 0 Å². The fourth-order valence-electron chi connectivity index (χ4n) is 2.54. The standard InChI is InChI=1S/C18H17N3O2/c1-3-14-11(2)21-18(23)16(20)15(14)17(22)13-8-4-6-12(10-13)7-5-9-19/h4-8,10H,3,20H2,1-2H3,(H,21,23)/b7-5+. The number of nitrogens with zero attached hydrogens (tertiary/aromatic N) is 1. The number of pyridine rings is 1. The summed E-state index contributed by atoms with van der Waals surface area (Å²) in [6.45, 7) is 3.66. The molecule has 5 nitrogen and oxygen atoms in total. The maximum Gasteiger partial charge on any atom is 0.272 e. The van der Waals surface area contributed by atoms with Crippen LogP contribution in [0.2, 0.25) is 0 Å². The zero-order valence-electron chi connectivity index (χ0n) is 13.0. The predicted molar refractivity (Wildman–Crippen MR) is 90.1 cm³/mol. The van der Waals surface area contributed by atoms with Crippen LogP contribution in [0.25, 0.3) is 6.08 Å². The topological polar surface area (TPSA) is 99.7 Å². The molecular formula is C18H17N3O2. The number of benzene rings is 1. The number of hydrogen-bond donors (Lipinski definition) is 2. The van der Waals surface area contributed by atoms with Crippen molar-refractivity contribution in [2.24, 2.45) is 0 Å². The van der Waals surface area contributed by atoms with Crippen LogP contribution in [0.4, 0.5) is 5.69 Å². The van der Waals surface area contributed by atoms with Crippen molar-refractivity contribution in [2.75, 3.05) is 5.73 Å². The summed E-state index contributed by atoms with van der Waals surface area (Å²) < 4.78 is 0. The van der Waals surface area contributed by atoms with Crippen molar-refractivity contribution in [3.63, 3.8) is 0 Å². The zero-order valence-corrected chi connectivity index (χ0v) is 13.0. The van der Waals surface area contributed by atoms with E-state index in [4.69, 9.17) is 11.0 Å². The molecule has 0 spiro atoms. The molecule has 5 heteroatoms. The summed E-state index contributed by atoms with van der Waals surface area (Å²) in [7, 11) is 0. The van der Waals surface area contributed by atoms with Crippen molar-refractivity contribution < 1.29 is 4.79 Å². The van der Waals surface area contributed by atoms with Crippen LogP contribution < -0.4 is 11.3 Å². The maximum atomic E-state index is 12.9. The first-order valence-electron chi connectivity index (χ1n) is 7.21. The Morgan fingerprint density at radius 1 is 1.43 bits per heavy atom. The van der Waals surface area contributed by atoms with Gasteiger partial charge in [0.1, 0.15) is 5.69 Å². The molecule has 0 unspecified atom stereocenters. The Balaban J connectivity index is 2.60. The van der Waals surface area contributed by atoms with Crippen LogP contribution in [0, 0.1) is 18.3 Å². The molecule has 0 fully saturated rings. The van der Waals surface area contributed by atoms with Gasteiger partial charge < -0.3 is 10.7 Å². The molecule has 3 N–H and O–H groups in total. The predicted octanol–water partition coefficient (Wildman–Crippen LogP) is 2.60. The van der Waals surface area contributed by atoms with Gasteiger partial charge in [-0.2, -0.15) is 5.26 Å². The highest BCUT2D eigenvalue weighted by Crippen LogP contribution is 2.21. The van der Waals surface area contributed by atoms with Crippen LogP contribution in [0.5, 0.6) is 0 Å². The van der Waals surface area contributed by atoms with Crippen LogP contribution in [0.1, 0.15) is 39.7 Å². The number of nitrogens with two attached hydrogens (primary N) is 1. The van der Waals surface area contributed by atoms with Gasteiger partial charge in [-0.3, -0.25) is 9.59 Å².